The fourth-order valence-electron chi connectivity index (χ4n) is 1.28. The smallest absolute Gasteiger partial charge is 0.272 e. The molecule has 0 aliphatic rings. The molecule has 18 heavy (non-hydrogen) atoms. The van der Waals surface area contributed by atoms with Gasteiger partial charge in [0.1, 0.15) is 0 Å². The minimum absolute atomic E-state index is 0.246. The zero-order chi connectivity index (χ0) is 13.0. The summed E-state index contributed by atoms with van der Waals surface area (Å²) < 4.78 is 0. The number of thiazole rings is 1. The summed E-state index contributed by atoms with van der Waals surface area (Å²) in [6.07, 6.45) is 1.74. The summed E-state index contributed by atoms with van der Waals surface area (Å²) in [4.78, 5) is 16.8. The van der Waals surface area contributed by atoms with Gasteiger partial charge < -0.3 is 10.7 Å². The highest BCUT2D eigenvalue weighted by atomic mass is 32.1. The highest BCUT2D eigenvalue weighted by molar-refractivity contribution is 7.11. The number of aryl methyl sites for hydroxylation is 1. The van der Waals surface area contributed by atoms with E-state index in [2.05, 4.69) is 25.9 Å². The summed E-state index contributed by atoms with van der Waals surface area (Å²) in [5, 5.41) is 11.2. The number of hydrazine groups is 1. The van der Waals surface area contributed by atoms with E-state index in [1.807, 2.05) is 6.92 Å². The van der Waals surface area contributed by atoms with Crippen molar-refractivity contribution in [1.82, 2.24) is 20.5 Å². The predicted octanol–water partition coefficient (Wildman–Crippen LogP) is 0.457. The molecule has 0 atom stereocenters. The van der Waals surface area contributed by atoms with Gasteiger partial charge >= 0.3 is 0 Å². The molecular formula is C10H12N6OS. The Hall–Kier alpha value is -2.06. The molecule has 94 valence electrons. The van der Waals surface area contributed by atoms with Gasteiger partial charge in [-0.3, -0.25) is 4.79 Å². The highest BCUT2D eigenvalue weighted by Gasteiger charge is 2.08. The van der Waals surface area contributed by atoms with Crippen LogP contribution in [0, 0.1) is 6.92 Å². The van der Waals surface area contributed by atoms with Crippen molar-refractivity contribution >= 4 is 23.1 Å². The molecule has 0 unspecified atom stereocenters. The molecule has 0 saturated heterocycles. The lowest BCUT2D eigenvalue weighted by Gasteiger charge is -2.02. The van der Waals surface area contributed by atoms with Gasteiger partial charge in [-0.25, -0.2) is 10.8 Å². The summed E-state index contributed by atoms with van der Waals surface area (Å²) in [6.45, 7) is 2.35. The van der Waals surface area contributed by atoms with Gasteiger partial charge in [0.05, 0.1) is 11.6 Å². The molecule has 0 radical (unpaired) electrons. The number of hydrogen-bond acceptors (Lipinski definition) is 7. The molecule has 0 bridgehead atoms. The van der Waals surface area contributed by atoms with Gasteiger partial charge in [0.25, 0.3) is 5.91 Å². The van der Waals surface area contributed by atoms with Crippen molar-refractivity contribution in [1.29, 1.82) is 0 Å². The standard InChI is InChI=1S/C10H12N6OS/c1-6-12-4-7(18-6)5-13-10(17)8-2-3-9(14-11)16-15-8/h2-4H,5,11H2,1H3,(H,13,17)(H,14,16). The molecule has 0 saturated carbocycles. The maximum atomic E-state index is 11.7. The Morgan fingerprint density at radius 1 is 1.44 bits per heavy atom. The Kier molecular flexibility index (Phi) is 3.80. The number of nitrogens with zero attached hydrogens (tertiary/aromatic N) is 3. The average molecular weight is 264 g/mol. The first-order chi connectivity index (χ1) is 8.69. The molecule has 7 nitrogen and oxygen atoms in total. The number of carbonyl (C=O) groups is 1. The zero-order valence-electron chi connectivity index (χ0n) is 9.67. The van der Waals surface area contributed by atoms with E-state index in [1.54, 1.807) is 29.7 Å². The van der Waals surface area contributed by atoms with Gasteiger partial charge in [-0.1, -0.05) is 0 Å². The van der Waals surface area contributed by atoms with Crippen molar-refractivity contribution in [2.45, 2.75) is 13.5 Å². The number of aromatic nitrogens is 3. The van der Waals surface area contributed by atoms with Crippen LogP contribution in [0.2, 0.25) is 0 Å². The molecule has 2 rings (SSSR count). The van der Waals surface area contributed by atoms with Crippen LogP contribution in [-0.2, 0) is 6.54 Å². The van der Waals surface area contributed by atoms with E-state index in [4.69, 9.17) is 5.84 Å². The Bertz CT molecular complexity index is 538. The largest absolute Gasteiger partial charge is 0.346 e. The topological polar surface area (TPSA) is 106 Å². The second kappa shape index (κ2) is 5.52. The molecule has 1 amide bonds. The maximum Gasteiger partial charge on any atom is 0.272 e. The molecule has 8 heteroatoms. The van der Waals surface area contributed by atoms with Gasteiger partial charge in [0.2, 0.25) is 0 Å². The molecular weight excluding hydrogens is 252 g/mol. The first-order valence-corrected chi connectivity index (χ1v) is 6.00. The normalized spacial score (nSPS) is 10.1. The van der Waals surface area contributed by atoms with E-state index < -0.39 is 0 Å². The fraction of sp³-hybridized carbons (Fsp3) is 0.200. The monoisotopic (exact) mass is 264 g/mol. The number of rotatable bonds is 4. The van der Waals surface area contributed by atoms with E-state index in [9.17, 15) is 4.79 Å². The number of nitrogens with two attached hydrogens (primary N) is 1. The van der Waals surface area contributed by atoms with Crippen LogP contribution in [0.15, 0.2) is 18.3 Å². The Morgan fingerprint density at radius 3 is 2.83 bits per heavy atom. The van der Waals surface area contributed by atoms with Gasteiger partial charge in [0, 0.05) is 11.1 Å². The predicted molar refractivity (Wildman–Crippen MR) is 67.9 cm³/mol. The van der Waals surface area contributed by atoms with Crippen LogP contribution >= 0.6 is 11.3 Å². The van der Waals surface area contributed by atoms with Crippen LogP contribution in [-0.4, -0.2) is 21.1 Å². The first-order valence-electron chi connectivity index (χ1n) is 5.19. The van der Waals surface area contributed by atoms with Crippen molar-refractivity contribution in [2.75, 3.05) is 5.43 Å². The lowest BCUT2D eigenvalue weighted by molar-refractivity contribution is 0.0945. The van der Waals surface area contributed by atoms with Crippen LogP contribution in [0.4, 0.5) is 5.82 Å². The molecule has 0 aliphatic carbocycles. The summed E-state index contributed by atoms with van der Waals surface area (Å²) in [5.74, 6) is 5.28. The lowest BCUT2D eigenvalue weighted by atomic mass is 10.3. The number of carbonyl (C=O) groups excluding carboxylic acids is 1. The van der Waals surface area contributed by atoms with Crippen molar-refractivity contribution < 1.29 is 4.79 Å². The molecule has 2 aromatic heterocycles. The van der Waals surface area contributed by atoms with E-state index in [-0.39, 0.29) is 11.6 Å². The third-order valence-electron chi connectivity index (χ3n) is 2.14. The molecule has 0 spiro atoms. The summed E-state index contributed by atoms with van der Waals surface area (Å²) in [6, 6.07) is 3.13. The summed E-state index contributed by atoms with van der Waals surface area (Å²) in [7, 11) is 0. The fourth-order valence-corrected chi connectivity index (χ4v) is 2.01. The van der Waals surface area contributed by atoms with Crippen molar-refractivity contribution in [3.05, 3.63) is 33.9 Å². The average Bonchev–Trinajstić information content (AvgIpc) is 2.82. The third-order valence-corrected chi connectivity index (χ3v) is 3.05. The summed E-state index contributed by atoms with van der Waals surface area (Å²) >= 11 is 1.54. The van der Waals surface area contributed by atoms with Gasteiger partial charge in [0.15, 0.2) is 11.5 Å². The SMILES string of the molecule is Cc1ncc(CNC(=O)c2ccc(NN)nn2)s1. The Labute approximate surface area is 107 Å². The quantitative estimate of drug-likeness (QED) is 0.547. The molecule has 2 heterocycles. The number of hydrogen-bond donors (Lipinski definition) is 3. The van der Waals surface area contributed by atoms with Crippen LogP contribution in [0.25, 0.3) is 0 Å². The van der Waals surface area contributed by atoms with Gasteiger partial charge in [-0.15, -0.1) is 21.5 Å². The van der Waals surface area contributed by atoms with Crippen LogP contribution in [0.5, 0.6) is 0 Å². The summed E-state index contributed by atoms with van der Waals surface area (Å²) in [5.41, 5.74) is 2.59. The van der Waals surface area contributed by atoms with Gasteiger partial charge in [-0.05, 0) is 19.1 Å². The minimum Gasteiger partial charge on any atom is -0.346 e. The molecule has 0 fully saturated rings. The number of nitrogen functional groups attached to an aromatic ring is 1. The molecule has 2 aromatic rings. The molecule has 0 aromatic carbocycles. The van der Waals surface area contributed by atoms with E-state index in [1.165, 1.54) is 0 Å². The van der Waals surface area contributed by atoms with Crippen LogP contribution in [0.3, 0.4) is 0 Å². The number of anilines is 1. The zero-order valence-corrected chi connectivity index (χ0v) is 10.5. The van der Waals surface area contributed by atoms with Gasteiger partial charge in [-0.2, -0.15) is 0 Å². The first kappa shape index (κ1) is 12.4. The lowest BCUT2D eigenvalue weighted by Crippen LogP contribution is -2.24. The number of nitrogens with one attached hydrogen (secondary N) is 2. The van der Waals surface area contributed by atoms with E-state index in [0.29, 0.717) is 12.4 Å². The van der Waals surface area contributed by atoms with Crippen molar-refractivity contribution in [2.24, 2.45) is 5.84 Å². The minimum atomic E-state index is -0.280. The Balaban J connectivity index is 1.94. The van der Waals surface area contributed by atoms with Crippen molar-refractivity contribution in [3.63, 3.8) is 0 Å². The van der Waals surface area contributed by atoms with Crippen LogP contribution < -0.4 is 16.6 Å². The van der Waals surface area contributed by atoms with Crippen LogP contribution in [0.1, 0.15) is 20.4 Å². The second-order valence-corrected chi connectivity index (χ2v) is 4.80. The number of amides is 1. The van der Waals surface area contributed by atoms with E-state index in [0.717, 1.165) is 9.88 Å². The van der Waals surface area contributed by atoms with E-state index >= 15 is 0 Å². The second-order valence-electron chi connectivity index (χ2n) is 3.48. The highest BCUT2D eigenvalue weighted by Crippen LogP contribution is 2.11. The maximum absolute atomic E-state index is 11.7. The molecule has 4 N–H and O–H groups in total. The molecule has 0 aliphatic heterocycles. The van der Waals surface area contributed by atoms with Crippen molar-refractivity contribution in [3.8, 4) is 0 Å². The Morgan fingerprint density at radius 2 is 2.28 bits per heavy atom. The third kappa shape index (κ3) is 2.99.